The fourth-order valence-corrected chi connectivity index (χ4v) is 3.36. The Morgan fingerprint density at radius 1 is 1.30 bits per heavy atom. The van der Waals surface area contributed by atoms with E-state index in [-0.39, 0.29) is 17.6 Å². The number of fused-ring (bicyclic) bond motifs is 1. The van der Waals surface area contributed by atoms with Crippen molar-refractivity contribution in [1.82, 2.24) is 19.7 Å². The predicted molar refractivity (Wildman–Crippen MR) is 101 cm³/mol. The van der Waals surface area contributed by atoms with Crippen LogP contribution in [0.15, 0.2) is 47.5 Å². The lowest BCUT2D eigenvalue weighted by molar-refractivity contribution is 0.0857. The van der Waals surface area contributed by atoms with E-state index >= 15 is 0 Å². The molecule has 0 saturated carbocycles. The van der Waals surface area contributed by atoms with Gasteiger partial charge in [0.2, 0.25) is 0 Å². The largest absolute Gasteiger partial charge is 0.376 e. The fraction of sp³-hybridized carbons (Fsp3) is 0.350. The first-order chi connectivity index (χ1) is 13.2. The summed E-state index contributed by atoms with van der Waals surface area (Å²) >= 11 is 0. The molecule has 0 bridgehead atoms. The smallest absolute Gasteiger partial charge is 0.282 e. The van der Waals surface area contributed by atoms with Crippen LogP contribution in [0.2, 0.25) is 0 Å². The Balaban J connectivity index is 1.73. The van der Waals surface area contributed by atoms with Gasteiger partial charge < -0.3 is 14.6 Å². The van der Waals surface area contributed by atoms with Gasteiger partial charge in [0.1, 0.15) is 5.69 Å². The summed E-state index contributed by atoms with van der Waals surface area (Å²) in [6.45, 7) is 3.82. The molecule has 1 atom stereocenters. The second kappa shape index (κ2) is 7.36. The number of nitrogens with one attached hydrogen (secondary N) is 1. The summed E-state index contributed by atoms with van der Waals surface area (Å²) in [5.74, 6) is -0.240. The van der Waals surface area contributed by atoms with Gasteiger partial charge in [0, 0.05) is 32.1 Å². The van der Waals surface area contributed by atoms with Crippen LogP contribution in [0.5, 0.6) is 0 Å². The van der Waals surface area contributed by atoms with E-state index in [1.165, 1.54) is 4.68 Å². The number of nitrogens with zero attached hydrogens (tertiary/aromatic N) is 3. The van der Waals surface area contributed by atoms with Crippen molar-refractivity contribution in [2.75, 3.05) is 13.2 Å². The Morgan fingerprint density at radius 3 is 2.81 bits per heavy atom. The Morgan fingerprint density at radius 2 is 2.11 bits per heavy atom. The lowest BCUT2D eigenvalue weighted by Gasteiger charge is -2.13. The molecule has 7 heteroatoms. The quantitative estimate of drug-likeness (QED) is 0.750. The first-order valence-corrected chi connectivity index (χ1v) is 9.25. The highest BCUT2D eigenvalue weighted by molar-refractivity contribution is 5.99. The van der Waals surface area contributed by atoms with Gasteiger partial charge in [0.25, 0.3) is 11.5 Å². The van der Waals surface area contributed by atoms with Crippen LogP contribution in [-0.4, -0.2) is 39.5 Å². The van der Waals surface area contributed by atoms with Gasteiger partial charge in [-0.05, 0) is 31.9 Å². The molecule has 1 amide bonds. The van der Waals surface area contributed by atoms with Gasteiger partial charge in [-0.1, -0.05) is 18.2 Å². The van der Waals surface area contributed by atoms with E-state index < -0.39 is 0 Å². The third-order valence-corrected chi connectivity index (χ3v) is 4.85. The maximum absolute atomic E-state index is 12.9. The zero-order valence-corrected chi connectivity index (χ0v) is 15.2. The van der Waals surface area contributed by atoms with E-state index in [1.807, 2.05) is 41.8 Å². The van der Waals surface area contributed by atoms with Crippen molar-refractivity contribution >= 4 is 5.91 Å². The maximum Gasteiger partial charge on any atom is 0.282 e. The van der Waals surface area contributed by atoms with Crippen LogP contribution < -0.4 is 10.9 Å². The zero-order chi connectivity index (χ0) is 18.8. The third-order valence-electron chi connectivity index (χ3n) is 4.85. The molecule has 1 aromatic carbocycles. The Hall–Kier alpha value is -2.93. The number of aryl methyl sites for hydroxylation is 1. The number of para-hydroxylation sites is 1. The van der Waals surface area contributed by atoms with Crippen LogP contribution in [0.25, 0.3) is 16.9 Å². The molecule has 1 N–H and O–H groups in total. The molecule has 7 nitrogen and oxygen atoms in total. The lowest BCUT2D eigenvalue weighted by atomic mass is 10.1. The second-order valence-corrected chi connectivity index (χ2v) is 6.66. The summed E-state index contributed by atoms with van der Waals surface area (Å²) in [6, 6.07) is 9.22. The number of benzene rings is 1. The number of rotatable bonds is 5. The van der Waals surface area contributed by atoms with Gasteiger partial charge in [-0.2, -0.15) is 9.78 Å². The van der Waals surface area contributed by atoms with Crippen molar-refractivity contribution in [1.29, 1.82) is 0 Å². The molecule has 3 aliphatic rings. The molecule has 0 aromatic heterocycles. The number of hydrogen-bond acceptors (Lipinski definition) is 4. The number of amides is 1. The van der Waals surface area contributed by atoms with Crippen LogP contribution in [0.1, 0.15) is 30.1 Å². The molecule has 27 heavy (non-hydrogen) atoms. The average Bonchev–Trinajstić information content (AvgIpc) is 3.34. The number of hydrogen-bond donors (Lipinski definition) is 1. The monoisotopic (exact) mass is 366 g/mol. The standard InChI is InChI=1S/C20H22N4O3/c1-2-23-12-16(19(25)21-11-15-9-6-10-27-15)18-17(13-23)20(26)24(22-18)14-7-4-3-5-8-14/h3-5,7-8,12-13,15H,2,6,9-11H2,1H3,(H,21,25). The Bertz CT molecular complexity index is 971. The van der Waals surface area contributed by atoms with Gasteiger partial charge in [-0.3, -0.25) is 9.59 Å². The summed E-state index contributed by atoms with van der Waals surface area (Å²) in [7, 11) is 0. The number of carbonyl (C=O) groups excluding carboxylic acids is 1. The molecule has 1 aromatic rings. The fourth-order valence-electron chi connectivity index (χ4n) is 3.36. The van der Waals surface area contributed by atoms with Crippen LogP contribution in [0.3, 0.4) is 0 Å². The van der Waals surface area contributed by atoms with Gasteiger partial charge in [-0.25, -0.2) is 0 Å². The molecule has 3 heterocycles. The van der Waals surface area contributed by atoms with Crippen LogP contribution in [0.4, 0.5) is 0 Å². The van der Waals surface area contributed by atoms with Crippen LogP contribution in [-0.2, 0) is 11.3 Å². The minimum atomic E-state index is -0.240. The van der Waals surface area contributed by atoms with E-state index in [0.29, 0.717) is 35.6 Å². The van der Waals surface area contributed by atoms with E-state index in [1.54, 1.807) is 12.4 Å². The lowest BCUT2D eigenvalue weighted by Crippen LogP contribution is -2.32. The highest BCUT2D eigenvalue weighted by Crippen LogP contribution is 2.22. The molecule has 0 radical (unpaired) electrons. The van der Waals surface area contributed by atoms with Crippen molar-refractivity contribution in [3.63, 3.8) is 0 Å². The van der Waals surface area contributed by atoms with E-state index in [9.17, 15) is 9.59 Å². The van der Waals surface area contributed by atoms with Gasteiger partial charge >= 0.3 is 0 Å². The van der Waals surface area contributed by atoms with Gasteiger partial charge in [0.15, 0.2) is 0 Å². The van der Waals surface area contributed by atoms with Crippen LogP contribution >= 0.6 is 0 Å². The molecule has 0 aliphatic carbocycles. The highest BCUT2D eigenvalue weighted by Gasteiger charge is 2.25. The maximum atomic E-state index is 12.9. The average molecular weight is 366 g/mol. The summed E-state index contributed by atoms with van der Waals surface area (Å²) in [6.07, 6.45) is 5.53. The van der Waals surface area contributed by atoms with Crippen molar-refractivity contribution in [3.8, 4) is 16.9 Å². The third kappa shape index (κ3) is 3.38. The Labute approximate surface area is 156 Å². The summed E-state index contributed by atoms with van der Waals surface area (Å²) in [5, 5.41) is 7.38. The van der Waals surface area contributed by atoms with Crippen molar-refractivity contribution < 1.29 is 9.53 Å². The highest BCUT2D eigenvalue weighted by atomic mass is 16.5. The van der Waals surface area contributed by atoms with Crippen molar-refractivity contribution in [2.45, 2.75) is 32.4 Å². The number of pyridine rings is 1. The minimum absolute atomic E-state index is 0.0587. The first-order valence-electron chi connectivity index (χ1n) is 9.25. The molecule has 1 fully saturated rings. The van der Waals surface area contributed by atoms with Gasteiger partial charge in [0.05, 0.1) is 22.9 Å². The molecular weight excluding hydrogens is 344 g/mol. The molecule has 1 unspecified atom stereocenters. The summed E-state index contributed by atoms with van der Waals surface area (Å²) < 4.78 is 8.75. The van der Waals surface area contributed by atoms with E-state index in [4.69, 9.17) is 4.74 Å². The van der Waals surface area contributed by atoms with E-state index in [0.717, 1.165) is 19.4 Å². The predicted octanol–water partition coefficient (Wildman–Crippen LogP) is 2.07. The second-order valence-electron chi connectivity index (χ2n) is 6.66. The summed E-state index contributed by atoms with van der Waals surface area (Å²) in [5.41, 5.74) is 1.70. The SMILES string of the molecule is CCn1cc(C(=O)NCC2CCCO2)c2nn(-c3ccccc3)c(=O)c-2c1. The number of carbonyl (C=O) groups is 1. The topological polar surface area (TPSA) is 78.2 Å². The first kappa shape index (κ1) is 17.5. The molecular formula is C20H22N4O3. The number of ether oxygens (including phenoxy) is 1. The van der Waals surface area contributed by atoms with E-state index in [2.05, 4.69) is 10.4 Å². The molecule has 4 rings (SSSR count). The number of aromatic nitrogens is 3. The van der Waals surface area contributed by atoms with Crippen LogP contribution in [0, 0.1) is 0 Å². The molecule has 140 valence electrons. The van der Waals surface area contributed by atoms with Gasteiger partial charge in [-0.15, -0.1) is 0 Å². The van der Waals surface area contributed by atoms with Crippen molar-refractivity contribution in [2.24, 2.45) is 0 Å². The summed E-state index contributed by atoms with van der Waals surface area (Å²) in [4.78, 5) is 25.7. The molecule has 1 saturated heterocycles. The minimum Gasteiger partial charge on any atom is -0.376 e. The van der Waals surface area contributed by atoms with Crippen molar-refractivity contribution in [3.05, 3.63) is 58.6 Å². The Kier molecular flexibility index (Phi) is 4.77. The normalized spacial score (nSPS) is 16.7. The molecule has 3 aliphatic heterocycles. The molecule has 0 spiro atoms. The zero-order valence-electron chi connectivity index (χ0n) is 15.2.